The standard InChI is InChI=1S/C13H14O7/c1-18-9-3-7(4-10-12(9)20-6-19-10)2-8(13(16)17)5-11(14)15/h3-4,8H,2,5-6H2,1H3,(H,14,15)(H,16,17)/p-2. The first-order valence-corrected chi connectivity index (χ1v) is 5.88. The fraction of sp³-hybridized carbons (Fsp3) is 0.385. The van der Waals surface area contributed by atoms with Gasteiger partial charge in [-0.3, -0.25) is 0 Å². The number of carboxylic acids is 2. The van der Waals surface area contributed by atoms with Crippen LogP contribution in [-0.2, 0) is 16.0 Å². The third-order valence-corrected chi connectivity index (χ3v) is 2.95. The zero-order chi connectivity index (χ0) is 14.7. The average Bonchev–Trinajstić information content (AvgIpc) is 2.84. The van der Waals surface area contributed by atoms with Crippen molar-refractivity contribution >= 4 is 11.9 Å². The van der Waals surface area contributed by atoms with Crippen LogP contribution < -0.4 is 24.4 Å². The summed E-state index contributed by atoms with van der Waals surface area (Å²) in [6.07, 6.45) is -0.637. The molecule has 1 aliphatic heterocycles. The lowest BCUT2D eigenvalue weighted by Gasteiger charge is -2.19. The molecule has 0 fully saturated rings. The second kappa shape index (κ2) is 5.68. The zero-order valence-electron chi connectivity index (χ0n) is 10.7. The lowest BCUT2D eigenvalue weighted by Crippen LogP contribution is -2.37. The summed E-state index contributed by atoms with van der Waals surface area (Å²) in [4.78, 5) is 21.5. The summed E-state index contributed by atoms with van der Waals surface area (Å²) in [7, 11) is 1.44. The molecule has 0 aromatic heterocycles. The molecular formula is C13H12O7-2. The minimum atomic E-state index is -1.44. The van der Waals surface area contributed by atoms with E-state index in [2.05, 4.69) is 0 Å². The van der Waals surface area contributed by atoms with Crippen molar-refractivity contribution in [3.63, 3.8) is 0 Å². The maximum atomic E-state index is 10.9. The van der Waals surface area contributed by atoms with E-state index in [1.165, 1.54) is 7.11 Å². The van der Waals surface area contributed by atoms with E-state index in [1.807, 2.05) is 0 Å². The van der Waals surface area contributed by atoms with Crippen molar-refractivity contribution < 1.29 is 34.0 Å². The van der Waals surface area contributed by atoms with Gasteiger partial charge in [-0.2, -0.15) is 0 Å². The molecule has 0 spiro atoms. The van der Waals surface area contributed by atoms with Crippen molar-refractivity contribution in [2.75, 3.05) is 13.9 Å². The predicted molar refractivity (Wildman–Crippen MR) is 60.9 cm³/mol. The molecule has 2 rings (SSSR count). The van der Waals surface area contributed by atoms with E-state index in [4.69, 9.17) is 14.2 Å². The summed E-state index contributed by atoms with van der Waals surface area (Å²) in [5, 5.41) is 21.5. The number of carbonyl (C=O) groups is 2. The van der Waals surface area contributed by atoms with E-state index in [0.29, 0.717) is 22.8 Å². The Kier molecular flexibility index (Phi) is 3.97. The minimum Gasteiger partial charge on any atom is -0.550 e. The highest BCUT2D eigenvalue weighted by Crippen LogP contribution is 2.42. The maximum Gasteiger partial charge on any atom is 0.231 e. The number of aliphatic carboxylic acids is 2. The molecule has 1 heterocycles. The van der Waals surface area contributed by atoms with Crippen LogP contribution >= 0.6 is 0 Å². The molecule has 1 aromatic carbocycles. The van der Waals surface area contributed by atoms with Gasteiger partial charge in [0.25, 0.3) is 0 Å². The Balaban J connectivity index is 2.24. The molecule has 0 radical (unpaired) electrons. The fourth-order valence-electron chi connectivity index (χ4n) is 2.03. The van der Waals surface area contributed by atoms with Crippen LogP contribution in [0.3, 0.4) is 0 Å². The normalized spacial score (nSPS) is 13.8. The maximum absolute atomic E-state index is 10.9. The Morgan fingerprint density at radius 2 is 2.10 bits per heavy atom. The molecule has 7 heteroatoms. The van der Waals surface area contributed by atoms with E-state index in [-0.39, 0.29) is 13.2 Å². The monoisotopic (exact) mass is 280 g/mol. The van der Waals surface area contributed by atoms with E-state index in [0.717, 1.165) is 0 Å². The molecule has 0 amide bonds. The molecule has 0 saturated carbocycles. The molecule has 1 atom stereocenters. The molecule has 20 heavy (non-hydrogen) atoms. The van der Waals surface area contributed by atoms with Crippen LogP contribution in [0.15, 0.2) is 12.1 Å². The molecule has 1 aliphatic rings. The van der Waals surface area contributed by atoms with E-state index in [9.17, 15) is 19.8 Å². The van der Waals surface area contributed by atoms with Gasteiger partial charge in [-0.1, -0.05) is 0 Å². The van der Waals surface area contributed by atoms with Crippen molar-refractivity contribution in [1.82, 2.24) is 0 Å². The summed E-state index contributed by atoms with van der Waals surface area (Å²) in [6.45, 7) is 0.0537. The molecule has 1 aromatic rings. The third kappa shape index (κ3) is 2.93. The lowest BCUT2D eigenvalue weighted by atomic mass is 9.96. The van der Waals surface area contributed by atoms with E-state index < -0.39 is 24.3 Å². The van der Waals surface area contributed by atoms with Gasteiger partial charge < -0.3 is 34.0 Å². The van der Waals surface area contributed by atoms with Gasteiger partial charge in [0.2, 0.25) is 12.5 Å². The number of ether oxygens (including phenoxy) is 3. The Hall–Kier alpha value is -2.44. The van der Waals surface area contributed by atoms with Crippen molar-refractivity contribution in [2.45, 2.75) is 12.8 Å². The topological polar surface area (TPSA) is 108 Å². The van der Waals surface area contributed by atoms with Gasteiger partial charge in [0.15, 0.2) is 11.5 Å². The molecule has 7 nitrogen and oxygen atoms in total. The Morgan fingerprint density at radius 1 is 1.35 bits per heavy atom. The quantitative estimate of drug-likeness (QED) is 0.622. The number of rotatable bonds is 6. The van der Waals surface area contributed by atoms with Crippen LogP contribution in [0, 0.1) is 5.92 Å². The molecule has 0 bridgehead atoms. The van der Waals surface area contributed by atoms with Gasteiger partial charge in [0, 0.05) is 17.9 Å². The average molecular weight is 280 g/mol. The highest BCUT2D eigenvalue weighted by Gasteiger charge is 2.21. The SMILES string of the molecule is COc1cc(CC(CC(=O)[O-])C(=O)[O-])cc2c1OCO2. The lowest BCUT2D eigenvalue weighted by molar-refractivity contribution is -0.320. The van der Waals surface area contributed by atoms with Crippen molar-refractivity contribution in [3.05, 3.63) is 17.7 Å². The van der Waals surface area contributed by atoms with Gasteiger partial charge in [-0.15, -0.1) is 0 Å². The summed E-state index contributed by atoms with van der Waals surface area (Å²) in [5.74, 6) is -2.77. The Bertz CT molecular complexity index is 538. The van der Waals surface area contributed by atoms with Crippen LogP contribution in [0.1, 0.15) is 12.0 Å². The van der Waals surface area contributed by atoms with Gasteiger partial charge in [0.1, 0.15) is 0 Å². The number of hydrogen-bond donors (Lipinski definition) is 0. The second-order valence-corrected chi connectivity index (χ2v) is 4.33. The number of carboxylic acid groups (broad SMARTS) is 2. The predicted octanol–water partition coefficient (Wildman–Crippen LogP) is -1.53. The number of benzene rings is 1. The second-order valence-electron chi connectivity index (χ2n) is 4.33. The Labute approximate surface area is 114 Å². The summed E-state index contributed by atoms with van der Waals surface area (Å²) in [6, 6.07) is 3.18. The van der Waals surface area contributed by atoms with Crippen molar-refractivity contribution in [2.24, 2.45) is 5.92 Å². The zero-order valence-corrected chi connectivity index (χ0v) is 10.7. The molecule has 0 N–H and O–H groups in total. The number of methoxy groups -OCH3 is 1. The number of hydrogen-bond acceptors (Lipinski definition) is 7. The summed E-state index contributed by atoms with van der Waals surface area (Å²) in [5.41, 5.74) is 0.557. The number of fused-ring (bicyclic) bond motifs is 1. The van der Waals surface area contributed by atoms with Crippen molar-refractivity contribution in [3.8, 4) is 17.2 Å². The van der Waals surface area contributed by atoms with Crippen LogP contribution in [0.2, 0.25) is 0 Å². The molecular weight excluding hydrogens is 268 g/mol. The smallest absolute Gasteiger partial charge is 0.231 e. The largest absolute Gasteiger partial charge is 0.550 e. The number of carbonyl (C=O) groups excluding carboxylic acids is 2. The molecule has 108 valence electrons. The van der Waals surface area contributed by atoms with Crippen LogP contribution in [0.4, 0.5) is 0 Å². The Morgan fingerprint density at radius 3 is 2.70 bits per heavy atom. The van der Waals surface area contributed by atoms with E-state index >= 15 is 0 Å². The summed E-state index contributed by atoms with van der Waals surface area (Å²) < 4.78 is 15.5. The van der Waals surface area contributed by atoms with E-state index in [1.54, 1.807) is 12.1 Å². The highest BCUT2D eigenvalue weighted by atomic mass is 16.7. The molecule has 0 aliphatic carbocycles. The first kappa shape index (κ1) is 14.0. The van der Waals surface area contributed by atoms with Gasteiger partial charge in [-0.25, -0.2) is 0 Å². The van der Waals surface area contributed by atoms with Crippen LogP contribution in [0.5, 0.6) is 17.2 Å². The third-order valence-electron chi connectivity index (χ3n) is 2.95. The first-order chi connectivity index (χ1) is 9.51. The van der Waals surface area contributed by atoms with Crippen LogP contribution in [0.25, 0.3) is 0 Å². The molecule has 0 saturated heterocycles. The van der Waals surface area contributed by atoms with Gasteiger partial charge in [-0.05, 0) is 30.5 Å². The van der Waals surface area contributed by atoms with Crippen LogP contribution in [-0.4, -0.2) is 25.8 Å². The van der Waals surface area contributed by atoms with Gasteiger partial charge >= 0.3 is 0 Å². The van der Waals surface area contributed by atoms with Gasteiger partial charge in [0.05, 0.1) is 7.11 Å². The molecule has 1 unspecified atom stereocenters. The first-order valence-electron chi connectivity index (χ1n) is 5.88. The minimum absolute atomic E-state index is 0.0245. The van der Waals surface area contributed by atoms with Crippen molar-refractivity contribution in [1.29, 1.82) is 0 Å². The highest BCUT2D eigenvalue weighted by molar-refractivity contribution is 5.75. The summed E-state index contributed by atoms with van der Waals surface area (Å²) >= 11 is 0. The fourth-order valence-corrected chi connectivity index (χ4v) is 2.03.